The first-order valence-corrected chi connectivity index (χ1v) is 2.93. The molecule has 0 heterocycles. The molecule has 0 saturated heterocycles. The number of phenolic OH excluding ortho intramolecular Hbond substituents is 2. The average Bonchev–Trinajstić information content (AvgIpc) is 1.59. The van der Waals surface area contributed by atoms with E-state index in [0.29, 0.717) is 4.90 Å². The van der Waals surface area contributed by atoms with E-state index in [1.807, 2.05) is 0 Å². The SMILES string of the molecule is Oc1cc(O)cc([SH2+])c1.[Cl-]. The molecular weight excluding hydrogens is 172 g/mol. The smallest absolute Gasteiger partial charge is 0.157 e. The number of hydrogen-bond donors (Lipinski definition) is 2. The molecule has 0 saturated carbocycles. The molecule has 0 aliphatic rings. The summed E-state index contributed by atoms with van der Waals surface area (Å²) in [7, 11) is 0. The molecule has 2 nitrogen and oxygen atoms in total. The Morgan fingerprint density at radius 1 is 1.00 bits per heavy atom. The third kappa shape index (κ3) is 2.37. The van der Waals surface area contributed by atoms with E-state index in [0.717, 1.165) is 0 Å². The molecule has 1 aromatic rings. The van der Waals surface area contributed by atoms with Crippen molar-refractivity contribution in [2.24, 2.45) is 0 Å². The Hall–Kier alpha value is -0.540. The van der Waals surface area contributed by atoms with Crippen molar-refractivity contribution in [3.8, 4) is 11.5 Å². The van der Waals surface area contributed by atoms with Gasteiger partial charge in [-0.15, -0.1) is 0 Å². The van der Waals surface area contributed by atoms with Crippen molar-refractivity contribution in [2.45, 2.75) is 4.90 Å². The minimum atomic E-state index is 0. The summed E-state index contributed by atoms with van der Waals surface area (Å²) in [5, 5.41) is 17.6. The van der Waals surface area contributed by atoms with E-state index >= 15 is 0 Å². The maximum absolute atomic E-state index is 8.80. The van der Waals surface area contributed by atoms with Crippen LogP contribution in [0.25, 0.3) is 0 Å². The Morgan fingerprint density at radius 3 is 1.70 bits per heavy atom. The molecule has 1 aromatic carbocycles. The topological polar surface area (TPSA) is 40.5 Å². The van der Waals surface area contributed by atoms with Crippen molar-refractivity contribution in [3.05, 3.63) is 18.2 Å². The highest BCUT2D eigenvalue weighted by Gasteiger charge is 1.97. The Kier molecular flexibility index (Phi) is 3.39. The minimum absolute atomic E-state index is 0. The van der Waals surface area contributed by atoms with Gasteiger partial charge in [0, 0.05) is 18.2 Å². The lowest BCUT2D eigenvalue weighted by atomic mass is 10.3. The Bertz CT molecular complexity index is 177. The molecule has 0 amide bonds. The summed E-state index contributed by atoms with van der Waals surface area (Å²) < 4.78 is 0. The predicted molar refractivity (Wildman–Crippen MR) is 38.2 cm³/mol. The largest absolute Gasteiger partial charge is 1.00 e. The van der Waals surface area contributed by atoms with Crippen LogP contribution in [0.5, 0.6) is 11.5 Å². The number of rotatable bonds is 0. The summed E-state index contributed by atoms with van der Waals surface area (Å²) in [6.45, 7) is 0. The van der Waals surface area contributed by atoms with Gasteiger partial charge in [0.25, 0.3) is 0 Å². The lowest BCUT2D eigenvalue weighted by Gasteiger charge is -1.90. The molecular formula is C6H7ClO2S. The van der Waals surface area contributed by atoms with Crippen LogP contribution >= 0.6 is 0 Å². The molecule has 0 radical (unpaired) electrons. The fourth-order valence-corrected chi connectivity index (χ4v) is 0.891. The van der Waals surface area contributed by atoms with Crippen LogP contribution in [0.1, 0.15) is 0 Å². The number of halogens is 1. The van der Waals surface area contributed by atoms with Crippen molar-refractivity contribution in [1.82, 2.24) is 0 Å². The maximum atomic E-state index is 8.80. The highest BCUT2D eigenvalue weighted by molar-refractivity contribution is 7.58. The van der Waals surface area contributed by atoms with Crippen molar-refractivity contribution in [2.75, 3.05) is 0 Å². The van der Waals surface area contributed by atoms with Crippen LogP contribution in [0.3, 0.4) is 0 Å². The van der Waals surface area contributed by atoms with E-state index in [-0.39, 0.29) is 23.9 Å². The molecule has 0 atom stereocenters. The first-order chi connectivity index (χ1) is 4.18. The fraction of sp³-hybridized carbons (Fsp3) is 0. The fourth-order valence-electron chi connectivity index (χ4n) is 0.595. The summed E-state index contributed by atoms with van der Waals surface area (Å²) in [5.74, 6) is 0.111. The molecule has 2 N–H and O–H groups in total. The van der Waals surface area contributed by atoms with Gasteiger partial charge in [-0.3, -0.25) is 0 Å². The van der Waals surface area contributed by atoms with Crippen LogP contribution in [-0.2, 0) is 12.6 Å². The van der Waals surface area contributed by atoms with E-state index < -0.39 is 0 Å². The predicted octanol–water partition coefficient (Wildman–Crippen LogP) is -2.53. The number of benzene rings is 1. The highest BCUT2D eigenvalue weighted by atomic mass is 35.5. The summed E-state index contributed by atoms with van der Waals surface area (Å²) in [5.41, 5.74) is 0. The second kappa shape index (κ2) is 3.58. The van der Waals surface area contributed by atoms with Gasteiger partial charge in [0.1, 0.15) is 11.5 Å². The second-order valence-corrected chi connectivity index (χ2v) is 2.32. The van der Waals surface area contributed by atoms with Gasteiger partial charge in [0.05, 0.1) is 0 Å². The molecule has 0 fully saturated rings. The molecule has 0 bridgehead atoms. The van der Waals surface area contributed by atoms with Gasteiger partial charge in [0.2, 0.25) is 0 Å². The molecule has 10 heavy (non-hydrogen) atoms. The molecule has 4 heteroatoms. The van der Waals surface area contributed by atoms with Gasteiger partial charge in [-0.2, -0.15) is 0 Å². The third-order valence-corrected chi connectivity index (χ3v) is 1.19. The number of phenols is 2. The summed E-state index contributed by atoms with van der Waals surface area (Å²) in [4.78, 5) is 0.660. The minimum Gasteiger partial charge on any atom is -1.00 e. The van der Waals surface area contributed by atoms with Crippen molar-refractivity contribution in [1.29, 1.82) is 0 Å². The molecule has 0 aliphatic carbocycles. The second-order valence-electron chi connectivity index (χ2n) is 1.74. The number of hydrogen-bond acceptors (Lipinski definition) is 2. The molecule has 0 aliphatic heterocycles. The van der Waals surface area contributed by atoms with Gasteiger partial charge in [-0.25, -0.2) is 0 Å². The monoisotopic (exact) mass is 178 g/mol. The summed E-state index contributed by atoms with van der Waals surface area (Å²) >= 11 is 3.14. The molecule has 1 rings (SSSR count). The summed E-state index contributed by atoms with van der Waals surface area (Å²) in [6, 6.07) is 4.26. The highest BCUT2D eigenvalue weighted by Crippen LogP contribution is 2.19. The average molecular weight is 179 g/mol. The third-order valence-electron chi connectivity index (χ3n) is 0.903. The van der Waals surface area contributed by atoms with Gasteiger partial charge in [-0.05, 0) is 12.6 Å². The Labute approximate surface area is 70.3 Å². The van der Waals surface area contributed by atoms with E-state index in [2.05, 4.69) is 12.6 Å². The lowest BCUT2D eigenvalue weighted by molar-refractivity contribution is -0.00000396. The van der Waals surface area contributed by atoms with Crippen LogP contribution in [0.15, 0.2) is 23.1 Å². The van der Waals surface area contributed by atoms with Crippen LogP contribution in [-0.4, -0.2) is 10.2 Å². The quantitative estimate of drug-likeness (QED) is 0.431. The molecule has 0 aromatic heterocycles. The van der Waals surface area contributed by atoms with E-state index in [9.17, 15) is 0 Å². The van der Waals surface area contributed by atoms with Crippen molar-refractivity contribution >= 4 is 12.6 Å². The number of aromatic hydroxyl groups is 2. The van der Waals surface area contributed by atoms with Crippen LogP contribution in [0.4, 0.5) is 0 Å². The van der Waals surface area contributed by atoms with Crippen molar-refractivity contribution in [3.63, 3.8) is 0 Å². The van der Waals surface area contributed by atoms with Crippen LogP contribution in [0, 0.1) is 0 Å². The standard InChI is InChI=1S/C6H6O2S.ClH/c7-4-1-5(8)3-6(9)2-4;/h1-3,7-9H;1H. The zero-order valence-electron chi connectivity index (χ0n) is 5.00. The molecule has 0 unspecified atom stereocenters. The maximum Gasteiger partial charge on any atom is 0.157 e. The van der Waals surface area contributed by atoms with E-state index in [4.69, 9.17) is 10.2 Å². The van der Waals surface area contributed by atoms with Crippen LogP contribution in [0.2, 0.25) is 0 Å². The van der Waals surface area contributed by atoms with E-state index in [1.165, 1.54) is 18.2 Å². The summed E-state index contributed by atoms with van der Waals surface area (Å²) in [6.07, 6.45) is 0. The van der Waals surface area contributed by atoms with E-state index in [1.54, 1.807) is 0 Å². The van der Waals surface area contributed by atoms with Gasteiger partial charge in [-0.1, -0.05) is 0 Å². The first-order valence-electron chi connectivity index (χ1n) is 2.43. The zero-order chi connectivity index (χ0) is 6.85. The molecule has 56 valence electrons. The van der Waals surface area contributed by atoms with Gasteiger partial charge in [0.15, 0.2) is 4.90 Å². The van der Waals surface area contributed by atoms with Gasteiger partial charge < -0.3 is 22.6 Å². The van der Waals surface area contributed by atoms with Crippen LogP contribution < -0.4 is 12.4 Å². The first kappa shape index (κ1) is 9.46. The Morgan fingerprint density at radius 2 is 1.40 bits per heavy atom. The van der Waals surface area contributed by atoms with Gasteiger partial charge >= 0.3 is 0 Å². The zero-order valence-corrected chi connectivity index (χ0v) is 6.76. The Balaban J connectivity index is 0.000000810. The van der Waals surface area contributed by atoms with Crippen molar-refractivity contribution < 1.29 is 22.6 Å². The lowest BCUT2D eigenvalue weighted by Crippen LogP contribution is -3.00. The molecule has 0 spiro atoms. The normalized spacial score (nSPS) is 8.50.